The van der Waals surface area contributed by atoms with Gasteiger partial charge in [0, 0.05) is 0 Å². The molecule has 0 radical (unpaired) electrons. The molecule has 2 aromatic heterocycles. The van der Waals surface area contributed by atoms with Crippen LogP contribution in [0.1, 0.15) is 5.76 Å². The molecule has 0 bridgehead atoms. The van der Waals surface area contributed by atoms with E-state index in [1.54, 1.807) is 12.1 Å². The average Bonchev–Trinajstić information content (AvgIpc) is 2.79. The second-order valence-electron chi connectivity index (χ2n) is 3.02. The molecule has 2 nitrogen and oxygen atoms in total. The topological polar surface area (TPSA) is 26.0 Å². The van der Waals surface area contributed by atoms with Crippen LogP contribution in [0.4, 0.5) is 17.6 Å². The fraction of sp³-hybridized carbons (Fsp3) is 0.100. The van der Waals surface area contributed by atoms with Crippen molar-refractivity contribution < 1.29 is 22.0 Å². The van der Waals surface area contributed by atoms with Gasteiger partial charge in [-0.2, -0.15) is 13.8 Å². The Morgan fingerprint density at radius 2 is 1.76 bits per heavy atom. The summed E-state index contributed by atoms with van der Waals surface area (Å²) in [5.41, 5.74) is 0. The Kier molecular flexibility index (Phi) is 3.37. The number of hydrogen-bond donors (Lipinski definition) is 0. The van der Waals surface area contributed by atoms with Crippen LogP contribution in [0.25, 0.3) is 0 Å². The Morgan fingerprint density at radius 1 is 1.12 bits per heavy atom. The molecule has 2 rings (SSSR count). The number of hydrogen-bond acceptors (Lipinski definition) is 3. The molecular formula is C10H5F4NOS. The molecule has 0 aliphatic heterocycles. The van der Waals surface area contributed by atoms with E-state index >= 15 is 0 Å². The summed E-state index contributed by atoms with van der Waals surface area (Å²) in [6.07, 6.45) is 1.39. The van der Waals surface area contributed by atoms with Gasteiger partial charge in [0.15, 0.2) is 11.6 Å². The number of halogens is 4. The first-order chi connectivity index (χ1) is 8.09. The normalized spacial score (nSPS) is 10.8. The van der Waals surface area contributed by atoms with Crippen LogP contribution in [-0.2, 0) is 5.75 Å². The summed E-state index contributed by atoms with van der Waals surface area (Å²) in [5, 5.41) is 0. The molecule has 0 aliphatic rings. The van der Waals surface area contributed by atoms with Gasteiger partial charge in [0.25, 0.3) is 11.9 Å². The van der Waals surface area contributed by atoms with Crippen molar-refractivity contribution in [1.82, 2.24) is 4.98 Å². The van der Waals surface area contributed by atoms with Crippen molar-refractivity contribution in [3.8, 4) is 0 Å². The predicted octanol–water partition coefficient (Wildman–Crippen LogP) is 3.52. The quantitative estimate of drug-likeness (QED) is 0.481. The number of thioether (sulfide) groups is 1. The molecule has 0 amide bonds. The van der Waals surface area contributed by atoms with Crippen molar-refractivity contribution in [1.29, 1.82) is 0 Å². The Labute approximate surface area is 97.7 Å². The van der Waals surface area contributed by atoms with Crippen LogP contribution in [0.5, 0.6) is 0 Å². The maximum Gasteiger partial charge on any atom is 0.252 e. The van der Waals surface area contributed by atoms with E-state index in [1.807, 2.05) is 0 Å². The van der Waals surface area contributed by atoms with Crippen LogP contribution in [0.2, 0.25) is 0 Å². The average molecular weight is 263 g/mol. The molecule has 0 N–H and O–H groups in total. The van der Waals surface area contributed by atoms with E-state index in [0.717, 1.165) is 0 Å². The number of furan rings is 1. The van der Waals surface area contributed by atoms with Crippen molar-refractivity contribution in [2.45, 2.75) is 10.6 Å². The Morgan fingerprint density at radius 3 is 2.29 bits per heavy atom. The van der Waals surface area contributed by atoms with Gasteiger partial charge in [-0.05, 0) is 12.1 Å². The molecule has 7 heteroatoms. The molecule has 0 atom stereocenters. The van der Waals surface area contributed by atoms with Crippen LogP contribution in [0.15, 0.2) is 27.7 Å². The standard InChI is InChI=1S/C10H5F4NOS/c11-6-8(7(12)10(14)15-9(6)13)17-4-5-2-1-3-16-5/h1-3H,4H2. The molecule has 2 aromatic rings. The van der Waals surface area contributed by atoms with E-state index in [-0.39, 0.29) is 5.75 Å². The van der Waals surface area contributed by atoms with Crippen molar-refractivity contribution >= 4 is 11.8 Å². The van der Waals surface area contributed by atoms with Gasteiger partial charge in [-0.25, -0.2) is 8.78 Å². The van der Waals surface area contributed by atoms with E-state index in [2.05, 4.69) is 4.98 Å². The minimum atomic E-state index is -1.66. The largest absolute Gasteiger partial charge is 0.468 e. The van der Waals surface area contributed by atoms with Gasteiger partial charge in [0.1, 0.15) is 5.76 Å². The van der Waals surface area contributed by atoms with Crippen molar-refractivity contribution in [3.63, 3.8) is 0 Å². The first-order valence-electron chi connectivity index (χ1n) is 4.44. The Balaban J connectivity index is 2.26. The fourth-order valence-electron chi connectivity index (χ4n) is 1.13. The summed E-state index contributed by atoms with van der Waals surface area (Å²) in [5.74, 6) is -5.83. The minimum absolute atomic E-state index is 0.0593. The van der Waals surface area contributed by atoms with Crippen molar-refractivity contribution in [2.75, 3.05) is 0 Å². The number of pyridine rings is 1. The molecular weight excluding hydrogens is 258 g/mol. The molecule has 0 aromatic carbocycles. The number of rotatable bonds is 3. The molecule has 0 aliphatic carbocycles. The SMILES string of the molecule is Fc1nc(F)c(F)c(SCc2ccco2)c1F. The maximum atomic E-state index is 13.2. The third-order valence-corrected chi connectivity index (χ3v) is 2.97. The zero-order chi connectivity index (χ0) is 12.4. The summed E-state index contributed by atoms with van der Waals surface area (Å²) in [6.45, 7) is 0. The van der Waals surface area contributed by atoms with Crippen LogP contribution < -0.4 is 0 Å². The fourth-order valence-corrected chi connectivity index (χ4v) is 2.01. The molecule has 0 saturated carbocycles. The molecule has 2 heterocycles. The van der Waals surface area contributed by atoms with Gasteiger partial charge in [-0.3, -0.25) is 0 Å². The van der Waals surface area contributed by atoms with E-state index in [4.69, 9.17) is 4.42 Å². The van der Waals surface area contributed by atoms with Crippen LogP contribution >= 0.6 is 11.8 Å². The highest BCUT2D eigenvalue weighted by atomic mass is 32.2. The zero-order valence-corrected chi connectivity index (χ0v) is 9.03. The molecule has 0 spiro atoms. The Bertz CT molecular complexity index is 503. The maximum absolute atomic E-state index is 13.2. The highest BCUT2D eigenvalue weighted by Crippen LogP contribution is 2.29. The van der Waals surface area contributed by atoms with Crippen molar-refractivity contribution in [3.05, 3.63) is 47.7 Å². The second-order valence-corrected chi connectivity index (χ2v) is 4.00. The smallest absolute Gasteiger partial charge is 0.252 e. The van der Waals surface area contributed by atoms with Crippen LogP contribution in [0.3, 0.4) is 0 Å². The monoisotopic (exact) mass is 263 g/mol. The van der Waals surface area contributed by atoms with Crippen LogP contribution in [-0.4, -0.2) is 4.98 Å². The lowest BCUT2D eigenvalue weighted by Gasteiger charge is -2.04. The Hall–Kier alpha value is -1.50. The van der Waals surface area contributed by atoms with Gasteiger partial charge in [-0.1, -0.05) is 0 Å². The highest BCUT2D eigenvalue weighted by Gasteiger charge is 2.21. The zero-order valence-electron chi connectivity index (χ0n) is 8.21. The number of aromatic nitrogens is 1. The second kappa shape index (κ2) is 4.79. The van der Waals surface area contributed by atoms with E-state index in [1.165, 1.54) is 6.26 Å². The van der Waals surface area contributed by atoms with Crippen LogP contribution in [0, 0.1) is 23.5 Å². The summed E-state index contributed by atoms with van der Waals surface area (Å²) < 4.78 is 56.8. The first-order valence-corrected chi connectivity index (χ1v) is 5.43. The van der Waals surface area contributed by atoms with Gasteiger partial charge in [0.05, 0.1) is 16.9 Å². The molecule has 0 saturated heterocycles. The summed E-state index contributed by atoms with van der Waals surface area (Å²) in [7, 11) is 0. The van der Waals surface area contributed by atoms with E-state index in [9.17, 15) is 17.6 Å². The van der Waals surface area contributed by atoms with Gasteiger partial charge >= 0.3 is 0 Å². The molecule has 17 heavy (non-hydrogen) atoms. The lowest BCUT2D eigenvalue weighted by Crippen LogP contribution is -2.02. The lowest BCUT2D eigenvalue weighted by atomic mass is 10.4. The molecule has 0 fully saturated rings. The third kappa shape index (κ3) is 2.44. The van der Waals surface area contributed by atoms with Gasteiger partial charge in [-0.15, -0.1) is 11.8 Å². The predicted molar refractivity (Wildman–Crippen MR) is 52.3 cm³/mol. The van der Waals surface area contributed by atoms with Crippen molar-refractivity contribution in [2.24, 2.45) is 0 Å². The molecule has 0 unspecified atom stereocenters. The first kappa shape index (κ1) is 12.0. The third-order valence-electron chi connectivity index (χ3n) is 1.90. The lowest BCUT2D eigenvalue weighted by molar-refractivity contribution is 0.383. The minimum Gasteiger partial charge on any atom is -0.468 e. The van der Waals surface area contributed by atoms with E-state index < -0.39 is 28.4 Å². The summed E-state index contributed by atoms with van der Waals surface area (Å²) >= 11 is 0.596. The summed E-state index contributed by atoms with van der Waals surface area (Å²) in [4.78, 5) is 1.71. The highest BCUT2D eigenvalue weighted by molar-refractivity contribution is 7.98. The van der Waals surface area contributed by atoms with E-state index in [0.29, 0.717) is 17.5 Å². The number of nitrogens with zero attached hydrogens (tertiary/aromatic N) is 1. The molecule has 90 valence electrons. The summed E-state index contributed by atoms with van der Waals surface area (Å²) in [6, 6.07) is 3.17. The van der Waals surface area contributed by atoms with Gasteiger partial charge in [0.2, 0.25) is 0 Å². The van der Waals surface area contributed by atoms with Gasteiger partial charge < -0.3 is 4.42 Å².